The van der Waals surface area contributed by atoms with Gasteiger partial charge in [-0.3, -0.25) is 0 Å². The number of halogens is 1. The molecule has 0 radical (unpaired) electrons. The predicted molar refractivity (Wildman–Crippen MR) is 95.7 cm³/mol. The van der Waals surface area contributed by atoms with Crippen molar-refractivity contribution in [2.75, 3.05) is 18.0 Å². The average molecular weight is 316 g/mol. The maximum absolute atomic E-state index is 15.0. The van der Waals surface area contributed by atoms with Gasteiger partial charge >= 0.3 is 0 Å². The highest BCUT2D eigenvalue weighted by Gasteiger charge is 2.37. The number of nitrogens with zero attached hydrogens (tertiary/aromatic N) is 2. The van der Waals surface area contributed by atoms with Gasteiger partial charge in [0.2, 0.25) is 0 Å². The van der Waals surface area contributed by atoms with E-state index in [1.807, 2.05) is 24.3 Å². The van der Waals surface area contributed by atoms with E-state index in [4.69, 9.17) is 0 Å². The molecule has 1 atom stereocenters. The number of pyridine rings is 1. The number of fused-ring (bicyclic) bond motifs is 1. The fraction of sp³-hybridized carbons (Fsp3) is 0.190. The van der Waals surface area contributed by atoms with Crippen molar-refractivity contribution in [2.45, 2.75) is 12.1 Å². The fourth-order valence-corrected chi connectivity index (χ4v) is 3.08. The van der Waals surface area contributed by atoms with E-state index < -0.39 is 5.67 Å². The molecule has 1 aliphatic rings. The van der Waals surface area contributed by atoms with Crippen LogP contribution in [0.4, 0.5) is 10.1 Å². The van der Waals surface area contributed by atoms with E-state index >= 15 is 4.39 Å². The van der Waals surface area contributed by atoms with Crippen LogP contribution in [0.5, 0.6) is 0 Å². The minimum absolute atomic E-state index is 0.297. The van der Waals surface area contributed by atoms with E-state index in [0.29, 0.717) is 25.2 Å². The molecule has 3 heteroatoms. The van der Waals surface area contributed by atoms with Gasteiger partial charge in [-0.1, -0.05) is 42.3 Å². The number of hydrogen-bond donors (Lipinski definition) is 0. The molecule has 2 nitrogen and oxygen atoms in total. The summed E-state index contributed by atoms with van der Waals surface area (Å²) in [6.45, 7) is 0.969. The lowest BCUT2D eigenvalue weighted by Gasteiger charge is -2.19. The molecule has 0 aliphatic carbocycles. The summed E-state index contributed by atoms with van der Waals surface area (Å²) in [5.41, 5.74) is 0.176. The van der Waals surface area contributed by atoms with Gasteiger partial charge in [-0.05, 0) is 41.0 Å². The van der Waals surface area contributed by atoms with Crippen molar-refractivity contribution in [3.63, 3.8) is 0 Å². The third-order valence-corrected chi connectivity index (χ3v) is 4.40. The molecule has 2 aromatic carbocycles. The summed E-state index contributed by atoms with van der Waals surface area (Å²) in [5.74, 6) is 5.66. The van der Waals surface area contributed by atoms with Gasteiger partial charge in [0, 0.05) is 24.8 Å². The molecule has 24 heavy (non-hydrogen) atoms. The van der Waals surface area contributed by atoms with E-state index in [0.717, 1.165) is 5.69 Å². The monoisotopic (exact) mass is 316 g/mol. The molecule has 4 rings (SSSR count). The lowest BCUT2D eigenvalue weighted by atomic mass is 10.1. The summed E-state index contributed by atoms with van der Waals surface area (Å²) in [4.78, 5) is 6.20. The van der Waals surface area contributed by atoms with E-state index in [1.54, 1.807) is 12.3 Å². The standard InChI is InChI=1S/C21H17FN2/c22-21(11-10-19-7-3-4-13-23-19)12-14-24(16-21)20-9-8-17-5-1-2-6-18(17)15-20/h1-9,13,15H,12,14,16H2. The number of alkyl halides is 1. The van der Waals surface area contributed by atoms with Crippen LogP contribution in [0, 0.1) is 11.8 Å². The molecular weight excluding hydrogens is 299 g/mol. The van der Waals surface area contributed by atoms with Crippen molar-refractivity contribution < 1.29 is 4.39 Å². The zero-order chi connectivity index (χ0) is 16.4. The second-order valence-corrected chi connectivity index (χ2v) is 6.13. The normalized spacial score (nSPS) is 20.0. The van der Waals surface area contributed by atoms with Crippen LogP contribution in [0.25, 0.3) is 10.8 Å². The molecule has 3 aromatic rings. The topological polar surface area (TPSA) is 16.1 Å². The summed E-state index contributed by atoms with van der Waals surface area (Å²) < 4.78 is 15.0. The quantitative estimate of drug-likeness (QED) is 0.625. The third kappa shape index (κ3) is 2.96. The summed E-state index contributed by atoms with van der Waals surface area (Å²) in [5, 5.41) is 2.37. The Labute approximate surface area is 140 Å². The molecular formula is C21H17FN2. The second kappa shape index (κ2) is 5.98. The molecule has 1 saturated heterocycles. The highest BCUT2D eigenvalue weighted by atomic mass is 19.1. The molecule has 0 saturated carbocycles. The van der Waals surface area contributed by atoms with Gasteiger partial charge in [0.1, 0.15) is 5.69 Å². The SMILES string of the molecule is FC1(C#Cc2ccccn2)CCN(c2ccc3ccccc3c2)C1. The molecule has 118 valence electrons. The summed E-state index contributed by atoms with van der Waals surface area (Å²) in [6, 6.07) is 20.0. The second-order valence-electron chi connectivity index (χ2n) is 6.13. The minimum Gasteiger partial charge on any atom is -0.367 e. The largest absolute Gasteiger partial charge is 0.367 e. The Bertz CT molecular complexity index is 926. The van der Waals surface area contributed by atoms with Crippen LogP contribution in [0.3, 0.4) is 0 Å². The first-order valence-electron chi connectivity index (χ1n) is 8.09. The average Bonchev–Trinajstić information content (AvgIpc) is 3.03. The number of benzene rings is 2. The predicted octanol–water partition coefficient (Wildman–Crippen LogP) is 4.20. The first-order chi connectivity index (χ1) is 11.7. The number of aromatic nitrogens is 1. The maximum Gasteiger partial charge on any atom is 0.190 e. The van der Waals surface area contributed by atoms with Crippen LogP contribution in [0.15, 0.2) is 66.9 Å². The van der Waals surface area contributed by atoms with Crippen molar-refractivity contribution in [3.05, 3.63) is 72.6 Å². The molecule has 0 amide bonds. The highest BCUT2D eigenvalue weighted by molar-refractivity contribution is 5.85. The first-order valence-corrected chi connectivity index (χ1v) is 8.09. The Hall–Kier alpha value is -2.86. The minimum atomic E-state index is -1.48. The number of rotatable bonds is 1. The van der Waals surface area contributed by atoms with Gasteiger partial charge in [-0.25, -0.2) is 9.37 Å². The van der Waals surface area contributed by atoms with E-state index in [-0.39, 0.29) is 0 Å². The van der Waals surface area contributed by atoms with Crippen LogP contribution >= 0.6 is 0 Å². The maximum atomic E-state index is 15.0. The third-order valence-electron chi connectivity index (χ3n) is 4.40. The van der Waals surface area contributed by atoms with Crippen LogP contribution in [0.1, 0.15) is 12.1 Å². The molecule has 1 fully saturated rings. The van der Waals surface area contributed by atoms with E-state index in [9.17, 15) is 0 Å². The van der Waals surface area contributed by atoms with Gasteiger partial charge in [0.15, 0.2) is 5.67 Å². The van der Waals surface area contributed by atoms with E-state index in [2.05, 4.69) is 52.1 Å². The smallest absolute Gasteiger partial charge is 0.190 e. The van der Waals surface area contributed by atoms with Crippen LogP contribution < -0.4 is 4.90 Å². The van der Waals surface area contributed by atoms with Crippen molar-refractivity contribution in [1.82, 2.24) is 4.98 Å². The lowest BCUT2D eigenvalue weighted by Crippen LogP contribution is -2.27. The summed E-state index contributed by atoms with van der Waals surface area (Å²) in [7, 11) is 0. The Morgan fingerprint density at radius 1 is 1.00 bits per heavy atom. The fourth-order valence-electron chi connectivity index (χ4n) is 3.08. The molecule has 2 heterocycles. The molecule has 0 N–H and O–H groups in total. The lowest BCUT2D eigenvalue weighted by molar-refractivity contribution is 0.274. The Morgan fingerprint density at radius 2 is 1.83 bits per heavy atom. The van der Waals surface area contributed by atoms with Gasteiger partial charge < -0.3 is 4.90 Å². The van der Waals surface area contributed by atoms with Crippen LogP contribution in [-0.2, 0) is 0 Å². The molecule has 0 spiro atoms. The zero-order valence-corrected chi connectivity index (χ0v) is 13.2. The van der Waals surface area contributed by atoms with Crippen LogP contribution in [-0.4, -0.2) is 23.7 Å². The molecule has 1 aromatic heterocycles. The Balaban J connectivity index is 1.56. The van der Waals surface area contributed by atoms with Crippen molar-refractivity contribution >= 4 is 16.5 Å². The van der Waals surface area contributed by atoms with Gasteiger partial charge in [0.25, 0.3) is 0 Å². The number of hydrogen-bond acceptors (Lipinski definition) is 2. The summed E-state index contributed by atoms with van der Waals surface area (Å²) >= 11 is 0. The molecule has 1 aliphatic heterocycles. The first kappa shape index (κ1) is 14.7. The Kier molecular flexibility index (Phi) is 3.66. The van der Waals surface area contributed by atoms with Gasteiger partial charge in [0.05, 0.1) is 6.54 Å². The zero-order valence-electron chi connectivity index (χ0n) is 13.2. The number of anilines is 1. The molecule has 1 unspecified atom stereocenters. The van der Waals surface area contributed by atoms with Crippen molar-refractivity contribution in [3.8, 4) is 11.8 Å². The molecule has 0 bridgehead atoms. The summed E-state index contributed by atoms with van der Waals surface area (Å²) in [6.07, 6.45) is 2.09. The van der Waals surface area contributed by atoms with Crippen LogP contribution in [0.2, 0.25) is 0 Å². The van der Waals surface area contributed by atoms with Crippen molar-refractivity contribution in [1.29, 1.82) is 0 Å². The van der Waals surface area contributed by atoms with E-state index in [1.165, 1.54) is 10.8 Å². The highest BCUT2D eigenvalue weighted by Crippen LogP contribution is 2.31. The van der Waals surface area contributed by atoms with Crippen molar-refractivity contribution in [2.24, 2.45) is 0 Å². The van der Waals surface area contributed by atoms with Gasteiger partial charge in [-0.15, -0.1) is 0 Å². The Morgan fingerprint density at radius 3 is 2.67 bits per heavy atom. The van der Waals surface area contributed by atoms with Gasteiger partial charge in [-0.2, -0.15) is 0 Å².